The van der Waals surface area contributed by atoms with Crippen molar-refractivity contribution in [2.75, 3.05) is 14.2 Å². The molecule has 0 bridgehead atoms. The highest BCUT2D eigenvalue weighted by atomic mass is 35.5. The van der Waals surface area contributed by atoms with Crippen molar-refractivity contribution in [3.8, 4) is 45.0 Å². The number of pyridine rings is 3. The first-order valence-electron chi connectivity index (χ1n) is 9.50. The van der Waals surface area contributed by atoms with E-state index in [4.69, 9.17) is 32.7 Å². The lowest BCUT2D eigenvalue weighted by molar-refractivity contribution is 0.111. The first-order chi connectivity index (χ1) is 15.6. The molecule has 32 heavy (non-hydrogen) atoms. The topological polar surface area (TPSA) is 74.2 Å². The van der Waals surface area contributed by atoms with E-state index in [1.165, 1.54) is 7.11 Å². The van der Waals surface area contributed by atoms with E-state index in [1.54, 1.807) is 38.0 Å². The second-order valence-corrected chi connectivity index (χ2v) is 7.46. The standard InChI is InChI=1S/C24H17Cl2N3O3/c1-31-19-9-15(11-28-18(19)13-30)16-6-3-7-17(22(16)25)21-20(32-2)12-29-24(23(21)26)14-5-4-8-27-10-14/h3-13H,1-2H3. The zero-order chi connectivity index (χ0) is 22.7. The molecule has 0 unspecified atom stereocenters. The van der Waals surface area contributed by atoms with Gasteiger partial charge in [-0.15, -0.1) is 0 Å². The lowest BCUT2D eigenvalue weighted by atomic mass is 9.98. The molecule has 0 atom stereocenters. The summed E-state index contributed by atoms with van der Waals surface area (Å²) in [6.07, 6.45) is 7.19. The van der Waals surface area contributed by atoms with Crippen LogP contribution in [-0.2, 0) is 0 Å². The van der Waals surface area contributed by atoms with Crippen molar-refractivity contribution in [1.82, 2.24) is 15.0 Å². The van der Waals surface area contributed by atoms with Gasteiger partial charge < -0.3 is 9.47 Å². The number of benzene rings is 1. The highest BCUT2D eigenvalue weighted by Gasteiger charge is 2.21. The molecular formula is C24H17Cl2N3O3. The maximum absolute atomic E-state index is 11.2. The molecule has 4 rings (SSSR count). The van der Waals surface area contributed by atoms with Crippen molar-refractivity contribution in [1.29, 1.82) is 0 Å². The van der Waals surface area contributed by atoms with Crippen molar-refractivity contribution >= 4 is 29.5 Å². The summed E-state index contributed by atoms with van der Waals surface area (Å²) >= 11 is 13.7. The van der Waals surface area contributed by atoms with Crippen LogP contribution < -0.4 is 9.47 Å². The predicted molar refractivity (Wildman–Crippen MR) is 125 cm³/mol. The van der Waals surface area contributed by atoms with E-state index in [0.717, 1.165) is 5.56 Å². The average Bonchev–Trinajstić information content (AvgIpc) is 2.84. The fourth-order valence-electron chi connectivity index (χ4n) is 3.38. The molecular weight excluding hydrogens is 449 g/mol. The molecule has 3 aromatic heterocycles. The maximum atomic E-state index is 11.2. The number of rotatable bonds is 6. The molecule has 0 fully saturated rings. The highest BCUT2D eigenvalue weighted by molar-refractivity contribution is 6.39. The third-order valence-corrected chi connectivity index (χ3v) is 5.71. The molecule has 8 heteroatoms. The molecule has 3 heterocycles. The van der Waals surface area contributed by atoms with E-state index in [-0.39, 0.29) is 5.69 Å². The minimum Gasteiger partial charge on any atom is -0.494 e. The number of aldehydes is 1. The normalized spacial score (nSPS) is 10.6. The minimum atomic E-state index is 0.212. The lowest BCUT2D eigenvalue weighted by Crippen LogP contribution is -1.97. The Morgan fingerprint density at radius 3 is 2.31 bits per heavy atom. The van der Waals surface area contributed by atoms with Gasteiger partial charge in [0.05, 0.1) is 36.2 Å². The quantitative estimate of drug-likeness (QED) is 0.324. The Morgan fingerprint density at radius 2 is 1.62 bits per heavy atom. The monoisotopic (exact) mass is 465 g/mol. The molecule has 6 nitrogen and oxygen atoms in total. The van der Waals surface area contributed by atoms with E-state index in [1.807, 2.05) is 30.3 Å². The van der Waals surface area contributed by atoms with Gasteiger partial charge in [-0.1, -0.05) is 41.4 Å². The van der Waals surface area contributed by atoms with Crippen LogP contribution in [0.15, 0.2) is 61.2 Å². The Labute approximate surface area is 194 Å². The molecule has 0 radical (unpaired) electrons. The summed E-state index contributed by atoms with van der Waals surface area (Å²) in [4.78, 5) is 24.0. The molecule has 160 valence electrons. The number of methoxy groups -OCH3 is 2. The van der Waals surface area contributed by atoms with Crippen LogP contribution in [-0.4, -0.2) is 35.5 Å². The summed E-state index contributed by atoms with van der Waals surface area (Å²) in [7, 11) is 3.03. The molecule has 0 saturated heterocycles. The Morgan fingerprint density at radius 1 is 0.844 bits per heavy atom. The molecule has 4 aromatic rings. The predicted octanol–water partition coefficient (Wildman–Crippen LogP) is 6.01. The van der Waals surface area contributed by atoms with Gasteiger partial charge >= 0.3 is 0 Å². The van der Waals surface area contributed by atoms with Gasteiger partial charge in [0.2, 0.25) is 0 Å². The zero-order valence-electron chi connectivity index (χ0n) is 17.2. The van der Waals surface area contributed by atoms with Gasteiger partial charge in [-0.2, -0.15) is 0 Å². The zero-order valence-corrected chi connectivity index (χ0v) is 18.7. The number of ether oxygens (including phenoxy) is 2. The van der Waals surface area contributed by atoms with E-state index in [0.29, 0.717) is 55.8 Å². The maximum Gasteiger partial charge on any atom is 0.172 e. The van der Waals surface area contributed by atoms with Crippen molar-refractivity contribution < 1.29 is 14.3 Å². The van der Waals surface area contributed by atoms with E-state index in [9.17, 15) is 4.79 Å². The Bertz CT molecular complexity index is 1300. The van der Waals surface area contributed by atoms with Crippen LogP contribution >= 0.6 is 23.2 Å². The number of hydrogen-bond donors (Lipinski definition) is 0. The number of halogens is 2. The van der Waals surface area contributed by atoms with Crippen molar-refractivity contribution in [2.24, 2.45) is 0 Å². The van der Waals surface area contributed by atoms with Crippen LogP contribution in [0.25, 0.3) is 33.5 Å². The van der Waals surface area contributed by atoms with Crippen LogP contribution in [0.2, 0.25) is 10.0 Å². The highest BCUT2D eigenvalue weighted by Crippen LogP contribution is 2.46. The summed E-state index contributed by atoms with van der Waals surface area (Å²) in [5, 5.41) is 0.835. The Hall–Kier alpha value is -3.48. The Kier molecular flexibility index (Phi) is 6.35. The molecule has 0 aliphatic rings. The van der Waals surface area contributed by atoms with Crippen molar-refractivity contribution in [3.63, 3.8) is 0 Å². The molecule has 0 spiro atoms. The molecule has 1 aromatic carbocycles. The van der Waals surface area contributed by atoms with Gasteiger partial charge in [-0.25, -0.2) is 4.98 Å². The number of carbonyl (C=O) groups excluding carboxylic acids is 1. The van der Waals surface area contributed by atoms with E-state index < -0.39 is 0 Å². The van der Waals surface area contributed by atoms with E-state index >= 15 is 0 Å². The van der Waals surface area contributed by atoms with Gasteiger partial charge in [0.25, 0.3) is 0 Å². The minimum absolute atomic E-state index is 0.212. The van der Waals surface area contributed by atoms with Gasteiger partial charge in [-0.3, -0.25) is 14.8 Å². The SMILES string of the molecule is COc1cc(-c2cccc(-c3c(OC)cnc(-c4cccnc4)c3Cl)c2Cl)cnc1C=O. The number of hydrogen-bond acceptors (Lipinski definition) is 6. The first kappa shape index (κ1) is 21.7. The second kappa shape index (κ2) is 9.34. The third-order valence-electron chi connectivity index (χ3n) is 4.93. The van der Waals surface area contributed by atoms with Crippen molar-refractivity contribution in [3.05, 3.63) is 76.9 Å². The first-order valence-corrected chi connectivity index (χ1v) is 10.3. The fourth-order valence-corrected chi connectivity index (χ4v) is 4.07. The Balaban J connectivity index is 1.92. The smallest absolute Gasteiger partial charge is 0.172 e. The third kappa shape index (κ3) is 3.90. The number of carbonyl (C=O) groups is 1. The summed E-state index contributed by atoms with van der Waals surface area (Å²) in [5.74, 6) is 0.839. The summed E-state index contributed by atoms with van der Waals surface area (Å²) in [6.45, 7) is 0. The van der Waals surface area contributed by atoms with Crippen molar-refractivity contribution in [2.45, 2.75) is 0 Å². The van der Waals surface area contributed by atoms with E-state index in [2.05, 4.69) is 15.0 Å². The lowest BCUT2D eigenvalue weighted by Gasteiger charge is -2.16. The summed E-state index contributed by atoms with van der Waals surface area (Å²) in [6, 6.07) is 11.0. The molecule has 0 saturated carbocycles. The molecule has 0 aliphatic carbocycles. The van der Waals surface area contributed by atoms with Gasteiger partial charge in [-0.05, 0) is 18.2 Å². The fraction of sp³-hybridized carbons (Fsp3) is 0.0833. The average molecular weight is 466 g/mol. The number of aromatic nitrogens is 3. The van der Waals surface area contributed by atoms with Crippen LogP contribution in [0.3, 0.4) is 0 Å². The van der Waals surface area contributed by atoms with Crippen LogP contribution in [0.4, 0.5) is 0 Å². The molecule has 0 amide bonds. The number of nitrogens with zero attached hydrogens (tertiary/aromatic N) is 3. The van der Waals surface area contributed by atoms with Crippen LogP contribution in [0.5, 0.6) is 11.5 Å². The summed E-state index contributed by atoms with van der Waals surface area (Å²) < 4.78 is 10.8. The van der Waals surface area contributed by atoms with Gasteiger partial charge in [0.1, 0.15) is 17.2 Å². The largest absolute Gasteiger partial charge is 0.494 e. The van der Waals surface area contributed by atoms with Gasteiger partial charge in [0.15, 0.2) is 6.29 Å². The van der Waals surface area contributed by atoms with Crippen LogP contribution in [0.1, 0.15) is 10.5 Å². The molecule has 0 aliphatic heterocycles. The van der Waals surface area contributed by atoms with Gasteiger partial charge in [0, 0.05) is 46.4 Å². The molecule has 0 N–H and O–H groups in total. The van der Waals surface area contributed by atoms with Crippen LogP contribution in [0, 0.1) is 0 Å². The summed E-state index contributed by atoms with van der Waals surface area (Å²) in [5.41, 5.74) is 4.21. The second-order valence-electron chi connectivity index (χ2n) is 6.70.